The maximum atomic E-state index is 14.6. The number of hydrogen-bond acceptors (Lipinski definition) is 5. The quantitative estimate of drug-likeness (QED) is 0.342. The molecule has 0 aromatic heterocycles. The molecule has 0 N–H and O–H groups in total. The summed E-state index contributed by atoms with van der Waals surface area (Å²) in [5, 5.41) is 0. The highest BCUT2D eigenvalue weighted by molar-refractivity contribution is 5.69. The van der Waals surface area contributed by atoms with E-state index < -0.39 is 0 Å². The van der Waals surface area contributed by atoms with Gasteiger partial charge in [0.05, 0.1) is 19.4 Å². The lowest BCUT2D eigenvalue weighted by Crippen LogP contribution is -2.29. The van der Waals surface area contributed by atoms with Gasteiger partial charge in [-0.15, -0.1) is 0 Å². The van der Waals surface area contributed by atoms with E-state index in [0.717, 1.165) is 48.7 Å². The number of ether oxygens (including phenoxy) is 3. The molecule has 0 saturated carbocycles. The lowest BCUT2D eigenvalue weighted by molar-refractivity contribution is -0.143. The molecule has 1 heterocycles. The molecular weight excluding hydrogens is 445 g/mol. The number of rotatable bonds is 10. The van der Waals surface area contributed by atoms with Crippen molar-refractivity contribution in [3.63, 3.8) is 0 Å². The predicted molar refractivity (Wildman–Crippen MR) is 134 cm³/mol. The van der Waals surface area contributed by atoms with Crippen LogP contribution in [0.15, 0.2) is 60.7 Å². The van der Waals surface area contributed by atoms with Crippen molar-refractivity contribution < 1.29 is 23.4 Å². The second kappa shape index (κ2) is 11.7. The molecule has 3 aromatic carbocycles. The van der Waals surface area contributed by atoms with E-state index in [1.807, 2.05) is 30.3 Å². The van der Waals surface area contributed by atoms with E-state index in [1.54, 1.807) is 20.1 Å². The van der Waals surface area contributed by atoms with Gasteiger partial charge in [-0.2, -0.15) is 0 Å². The van der Waals surface area contributed by atoms with E-state index in [1.165, 1.54) is 17.2 Å². The summed E-state index contributed by atoms with van der Waals surface area (Å²) >= 11 is 0. The molecule has 4 rings (SSSR count). The van der Waals surface area contributed by atoms with Crippen LogP contribution >= 0.6 is 0 Å². The van der Waals surface area contributed by atoms with Crippen LogP contribution in [0.2, 0.25) is 0 Å². The minimum Gasteiger partial charge on any atom is -0.497 e. The first-order valence-corrected chi connectivity index (χ1v) is 12.1. The van der Waals surface area contributed by atoms with Crippen molar-refractivity contribution >= 4 is 11.7 Å². The Labute approximate surface area is 206 Å². The third-order valence-electron chi connectivity index (χ3n) is 6.22. The number of carbonyl (C=O) groups is 1. The lowest BCUT2D eigenvalue weighted by atomic mass is 10.00. The Kier molecular flexibility index (Phi) is 8.24. The van der Waals surface area contributed by atoms with E-state index in [2.05, 4.69) is 23.1 Å². The van der Waals surface area contributed by atoms with Crippen LogP contribution in [0.1, 0.15) is 42.0 Å². The number of aryl methyl sites for hydroxylation is 2. The number of methoxy groups -OCH3 is 1. The van der Waals surface area contributed by atoms with Crippen LogP contribution in [0, 0.1) is 5.82 Å². The topological polar surface area (TPSA) is 48.0 Å². The number of esters is 1. The van der Waals surface area contributed by atoms with Crippen molar-refractivity contribution in [2.75, 3.05) is 25.2 Å². The van der Waals surface area contributed by atoms with Crippen molar-refractivity contribution in [2.24, 2.45) is 0 Å². The van der Waals surface area contributed by atoms with E-state index in [-0.39, 0.29) is 24.8 Å². The zero-order valence-corrected chi connectivity index (χ0v) is 20.4. The Hall–Kier alpha value is -3.54. The van der Waals surface area contributed by atoms with Crippen LogP contribution in [0.4, 0.5) is 10.1 Å². The molecule has 0 atom stereocenters. The van der Waals surface area contributed by atoms with Crippen molar-refractivity contribution in [1.29, 1.82) is 0 Å². The number of halogens is 1. The summed E-state index contributed by atoms with van der Waals surface area (Å²) in [7, 11) is 1.67. The molecule has 0 aliphatic carbocycles. The number of benzene rings is 3. The van der Waals surface area contributed by atoms with Gasteiger partial charge in [0.25, 0.3) is 0 Å². The fourth-order valence-electron chi connectivity index (χ4n) is 4.44. The third-order valence-corrected chi connectivity index (χ3v) is 6.22. The summed E-state index contributed by atoms with van der Waals surface area (Å²) in [5.74, 6) is 1.01. The van der Waals surface area contributed by atoms with Gasteiger partial charge in [-0.05, 0) is 72.7 Å². The van der Waals surface area contributed by atoms with Gasteiger partial charge in [-0.25, -0.2) is 4.39 Å². The van der Waals surface area contributed by atoms with Crippen LogP contribution in [-0.4, -0.2) is 26.2 Å². The zero-order chi connectivity index (χ0) is 24.6. The van der Waals surface area contributed by atoms with E-state index in [4.69, 9.17) is 14.2 Å². The van der Waals surface area contributed by atoms with Crippen LogP contribution < -0.4 is 14.4 Å². The summed E-state index contributed by atoms with van der Waals surface area (Å²) < 4.78 is 31.0. The Morgan fingerprint density at radius 1 is 1.06 bits per heavy atom. The summed E-state index contributed by atoms with van der Waals surface area (Å²) in [4.78, 5) is 13.9. The molecule has 0 saturated heterocycles. The Morgan fingerprint density at radius 3 is 2.60 bits per heavy atom. The van der Waals surface area contributed by atoms with Gasteiger partial charge in [0.2, 0.25) is 0 Å². The van der Waals surface area contributed by atoms with Crippen molar-refractivity contribution in [3.8, 4) is 11.5 Å². The molecule has 0 unspecified atom stereocenters. The lowest BCUT2D eigenvalue weighted by Gasteiger charge is -2.33. The standard InChI is InChI=1S/C29H32FNO4/c1-3-34-28(32)16-13-23-12-9-22(18-26(23)30)20-35-27-8-4-6-24-7-5-17-31(29(24)27)19-21-10-14-25(33-2)15-11-21/h4,6,8-12,14-15,18H,3,5,7,13,16-17,19-20H2,1-2H3. The summed E-state index contributed by atoms with van der Waals surface area (Å²) in [6.45, 7) is 4.08. The molecular formula is C29H32FNO4. The van der Waals surface area contributed by atoms with Crippen molar-refractivity contribution in [1.82, 2.24) is 0 Å². The minimum absolute atomic E-state index is 0.167. The third kappa shape index (κ3) is 6.32. The van der Waals surface area contributed by atoms with Crippen molar-refractivity contribution in [3.05, 3.63) is 88.7 Å². The van der Waals surface area contributed by atoms with Gasteiger partial charge in [0, 0.05) is 19.5 Å². The highest BCUT2D eigenvalue weighted by atomic mass is 19.1. The number of para-hydroxylation sites is 1. The maximum absolute atomic E-state index is 14.6. The van der Waals surface area contributed by atoms with E-state index >= 15 is 0 Å². The van der Waals surface area contributed by atoms with Crippen LogP contribution in [0.5, 0.6) is 11.5 Å². The molecule has 184 valence electrons. The van der Waals surface area contributed by atoms with Gasteiger partial charge in [-0.3, -0.25) is 4.79 Å². The van der Waals surface area contributed by atoms with Gasteiger partial charge in [0.15, 0.2) is 0 Å². The molecule has 1 aliphatic heterocycles. The SMILES string of the molecule is CCOC(=O)CCc1ccc(COc2cccc3c2N(Cc2ccc(OC)cc2)CCC3)cc1F. The van der Waals surface area contributed by atoms with Crippen molar-refractivity contribution in [2.45, 2.75) is 45.8 Å². The first-order valence-electron chi connectivity index (χ1n) is 12.1. The largest absolute Gasteiger partial charge is 0.497 e. The second-order valence-corrected chi connectivity index (χ2v) is 8.66. The Bertz CT molecular complexity index is 1150. The Balaban J connectivity index is 1.45. The van der Waals surface area contributed by atoms with Gasteiger partial charge in [-0.1, -0.05) is 36.4 Å². The molecule has 1 aliphatic rings. The first kappa shape index (κ1) is 24.6. The number of anilines is 1. The fourth-order valence-corrected chi connectivity index (χ4v) is 4.44. The summed E-state index contributed by atoms with van der Waals surface area (Å²) in [6.07, 6.45) is 2.58. The molecule has 0 bridgehead atoms. The molecule has 0 spiro atoms. The normalized spacial score (nSPS) is 12.7. The van der Waals surface area contributed by atoms with E-state index in [9.17, 15) is 9.18 Å². The number of carbonyl (C=O) groups excluding carboxylic acids is 1. The molecule has 0 radical (unpaired) electrons. The van der Waals surface area contributed by atoms with Crippen LogP contribution in [-0.2, 0) is 35.5 Å². The van der Waals surface area contributed by atoms with Crippen LogP contribution in [0.3, 0.4) is 0 Å². The molecule has 5 nitrogen and oxygen atoms in total. The second-order valence-electron chi connectivity index (χ2n) is 8.66. The Morgan fingerprint density at radius 2 is 1.86 bits per heavy atom. The average Bonchev–Trinajstić information content (AvgIpc) is 2.87. The molecule has 0 fully saturated rings. The summed E-state index contributed by atoms with van der Waals surface area (Å²) in [6, 6.07) is 19.4. The molecule has 35 heavy (non-hydrogen) atoms. The number of fused-ring (bicyclic) bond motifs is 1. The first-order chi connectivity index (χ1) is 17.1. The number of hydrogen-bond donors (Lipinski definition) is 0. The van der Waals surface area contributed by atoms with Gasteiger partial charge < -0.3 is 19.1 Å². The number of nitrogens with zero attached hydrogens (tertiary/aromatic N) is 1. The minimum atomic E-state index is -0.327. The highest BCUT2D eigenvalue weighted by Crippen LogP contribution is 2.37. The van der Waals surface area contributed by atoms with Crippen LogP contribution in [0.25, 0.3) is 0 Å². The van der Waals surface area contributed by atoms with Gasteiger partial charge >= 0.3 is 5.97 Å². The molecule has 3 aromatic rings. The average molecular weight is 478 g/mol. The molecule has 0 amide bonds. The van der Waals surface area contributed by atoms with E-state index in [0.29, 0.717) is 18.6 Å². The smallest absolute Gasteiger partial charge is 0.306 e. The molecule has 6 heteroatoms. The highest BCUT2D eigenvalue weighted by Gasteiger charge is 2.21. The fraction of sp³-hybridized carbons (Fsp3) is 0.345. The predicted octanol–water partition coefficient (Wildman–Crippen LogP) is 5.86. The summed E-state index contributed by atoms with van der Waals surface area (Å²) in [5.41, 5.74) is 4.83. The van der Waals surface area contributed by atoms with Gasteiger partial charge in [0.1, 0.15) is 23.9 Å². The maximum Gasteiger partial charge on any atom is 0.306 e. The zero-order valence-electron chi connectivity index (χ0n) is 20.4. The monoisotopic (exact) mass is 477 g/mol.